The quantitative estimate of drug-likeness (QED) is 0.877. The molecular weight excluding hydrogens is 350 g/mol. The summed E-state index contributed by atoms with van der Waals surface area (Å²) in [7, 11) is 0. The van der Waals surface area contributed by atoms with Crippen LogP contribution in [0.15, 0.2) is 48.8 Å². The average molecular weight is 372 g/mol. The van der Waals surface area contributed by atoms with E-state index in [0.29, 0.717) is 23.9 Å². The lowest BCUT2D eigenvalue weighted by Crippen LogP contribution is -2.34. The minimum absolute atomic E-state index is 0.0492. The van der Waals surface area contributed by atoms with E-state index < -0.39 is 0 Å². The molecule has 0 radical (unpaired) electrons. The lowest BCUT2D eigenvalue weighted by Gasteiger charge is -2.20. The number of pyridine rings is 1. The molecule has 3 atom stereocenters. The maximum Gasteiger partial charge on any atom is 0.251 e. The predicted octanol–water partition coefficient (Wildman–Crippen LogP) is 2.61. The maximum atomic E-state index is 12.2. The van der Waals surface area contributed by atoms with E-state index in [9.17, 15) is 4.79 Å². The van der Waals surface area contributed by atoms with Gasteiger partial charge in [-0.3, -0.25) is 14.7 Å². The Morgan fingerprint density at radius 2 is 1.96 bits per heavy atom. The molecule has 2 aliphatic rings. The van der Waals surface area contributed by atoms with Crippen molar-refractivity contribution in [1.29, 1.82) is 0 Å². The molecule has 3 heterocycles. The molecule has 2 aliphatic heterocycles. The molecule has 1 N–H and O–H groups in total. The summed E-state index contributed by atoms with van der Waals surface area (Å²) in [5.74, 6) is 0.785. The van der Waals surface area contributed by atoms with Crippen LogP contribution in [0, 0.1) is 11.8 Å². The first-order valence-corrected chi connectivity index (χ1v) is 9.33. The molecule has 2 fully saturated rings. The molecule has 1 amide bonds. The van der Waals surface area contributed by atoms with Gasteiger partial charge in [0.1, 0.15) is 0 Å². The molecule has 136 valence electrons. The van der Waals surface area contributed by atoms with Gasteiger partial charge < -0.3 is 10.1 Å². The lowest BCUT2D eigenvalue weighted by molar-refractivity contribution is 0.0903. The van der Waals surface area contributed by atoms with Gasteiger partial charge in [0.05, 0.1) is 12.7 Å². The Morgan fingerprint density at radius 1 is 1.19 bits per heavy atom. The number of aromatic nitrogens is 1. The van der Waals surface area contributed by atoms with Crippen molar-refractivity contribution in [1.82, 2.24) is 15.2 Å². The molecule has 2 aromatic rings. The van der Waals surface area contributed by atoms with Gasteiger partial charge in [0, 0.05) is 61.0 Å². The number of nitrogens with zero attached hydrogens (tertiary/aromatic N) is 2. The Labute approximate surface area is 158 Å². The van der Waals surface area contributed by atoms with Crippen LogP contribution in [0.4, 0.5) is 0 Å². The molecular formula is C20H22ClN3O2. The SMILES string of the molecule is O=C(NC[C@H]1CO[C@@H]2CN(Cc3ccc(Cl)cc3)C[C@H]12)c1ccncc1. The lowest BCUT2D eigenvalue weighted by atomic mass is 9.93. The van der Waals surface area contributed by atoms with Crippen molar-refractivity contribution in [3.8, 4) is 0 Å². The van der Waals surface area contributed by atoms with Crippen molar-refractivity contribution in [2.75, 3.05) is 26.2 Å². The number of hydrogen-bond acceptors (Lipinski definition) is 4. The topological polar surface area (TPSA) is 54.5 Å². The van der Waals surface area contributed by atoms with Crippen LogP contribution < -0.4 is 5.32 Å². The van der Waals surface area contributed by atoms with Gasteiger partial charge in [-0.15, -0.1) is 0 Å². The van der Waals surface area contributed by atoms with Gasteiger partial charge in [-0.25, -0.2) is 0 Å². The fourth-order valence-corrected chi connectivity index (χ4v) is 4.02. The van der Waals surface area contributed by atoms with E-state index in [4.69, 9.17) is 16.3 Å². The van der Waals surface area contributed by atoms with Crippen LogP contribution >= 0.6 is 11.6 Å². The number of likely N-dealkylation sites (tertiary alicyclic amines) is 1. The zero-order valence-electron chi connectivity index (χ0n) is 14.5. The Kier molecular flexibility index (Phi) is 5.20. The number of fused-ring (bicyclic) bond motifs is 1. The Balaban J connectivity index is 1.30. The summed E-state index contributed by atoms with van der Waals surface area (Å²) >= 11 is 5.96. The van der Waals surface area contributed by atoms with Gasteiger partial charge in [-0.1, -0.05) is 23.7 Å². The summed E-state index contributed by atoms with van der Waals surface area (Å²) in [6.45, 7) is 4.23. The summed E-state index contributed by atoms with van der Waals surface area (Å²) in [5.41, 5.74) is 1.91. The van der Waals surface area contributed by atoms with Gasteiger partial charge in [0.15, 0.2) is 0 Å². The second-order valence-electron chi connectivity index (χ2n) is 7.06. The zero-order chi connectivity index (χ0) is 17.9. The van der Waals surface area contributed by atoms with E-state index in [-0.39, 0.29) is 12.0 Å². The molecule has 0 bridgehead atoms. The van der Waals surface area contributed by atoms with Gasteiger partial charge in [0.2, 0.25) is 0 Å². The summed E-state index contributed by atoms with van der Waals surface area (Å²) in [5, 5.41) is 3.81. The number of carbonyl (C=O) groups excluding carboxylic acids is 1. The van der Waals surface area contributed by atoms with Gasteiger partial charge in [-0.05, 0) is 29.8 Å². The fourth-order valence-electron chi connectivity index (χ4n) is 3.90. The normalized spacial score (nSPS) is 25.2. The molecule has 0 saturated carbocycles. The monoisotopic (exact) mass is 371 g/mol. The maximum absolute atomic E-state index is 12.2. The van der Waals surface area contributed by atoms with Crippen molar-refractivity contribution in [3.05, 3.63) is 64.9 Å². The predicted molar refractivity (Wildman–Crippen MR) is 100 cm³/mol. The van der Waals surface area contributed by atoms with Crippen LogP contribution in [0.2, 0.25) is 5.02 Å². The van der Waals surface area contributed by atoms with Crippen LogP contribution in [-0.2, 0) is 11.3 Å². The highest BCUT2D eigenvalue weighted by molar-refractivity contribution is 6.30. The summed E-state index contributed by atoms with van der Waals surface area (Å²) in [6.07, 6.45) is 3.54. The van der Waals surface area contributed by atoms with E-state index >= 15 is 0 Å². The van der Waals surface area contributed by atoms with Gasteiger partial charge in [0.25, 0.3) is 5.91 Å². The van der Waals surface area contributed by atoms with Gasteiger partial charge >= 0.3 is 0 Å². The van der Waals surface area contributed by atoms with E-state index in [0.717, 1.165) is 31.3 Å². The second kappa shape index (κ2) is 7.74. The number of nitrogens with one attached hydrogen (secondary N) is 1. The number of ether oxygens (including phenoxy) is 1. The number of hydrogen-bond donors (Lipinski definition) is 1. The Hall–Kier alpha value is -1.95. The molecule has 4 rings (SSSR count). The van der Waals surface area contributed by atoms with Crippen LogP contribution in [-0.4, -0.2) is 48.1 Å². The Bertz CT molecular complexity index is 753. The Morgan fingerprint density at radius 3 is 2.73 bits per heavy atom. The molecule has 6 heteroatoms. The molecule has 1 aromatic carbocycles. The standard InChI is InChI=1S/C20H22ClN3O2/c21-17-3-1-14(2-4-17)10-24-11-18-16(13-26-19(18)12-24)9-23-20(25)15-5-7-22-8-6-15/h1-8,16,18-19H,9-13H2,(H,23,25)/t16-,18+,19+/m0/s1. The minimum atomic E-state index is -0.0492. The summed E-state index contributed by atoms with van der Waals surface area (Å²) in [4.78, 5) is 18.6. The van der Waals surface area contributed by atoms with Crippen molar-refractivity contribution < 1.29 is 9.53 Å². The number of carbonyl (C=O) groups is 1. The number of rotatable bonds is 5. The van der Waals surface area contributed by atoms with Crippen molar-refractivity contribution >= 4 is 17.5 Å². The zero-order valence-corrected chi connectivity index (χ0v) is 15.2. The highest BCUT2D eigenvalue weighted by atomic mass is 35.5. The highest BCUT2D eigenvalue weighted by Gasteiger charge is 2.43. The number of amides is 1. The highest BCUT2D eigenvalue weighted by Crippen LogP contribution is 2.34. The van der Waals surface area contributed by atoms with Crippen molar-refractivity contribution in [2.24, 2.45) is 11.8 Å². The van der Waals surface area contributed by atoms with E-state index in [1.54, 1.807) is 24.5 Å². The molecule has 2 saturated heterocycles. The number of halogens is 1. The molecule has 1 aromatic heterocycles. The summed E-state index contributed by atoms with van der Waals surface area (Å²) in [6, 6.07) is 11.5. The van der Waals surface area contributed by atoms with Crippen LogP contribution in [0.25, 0.3) is 0 Å². The first kappa shape index (κ1) is 17.5. The largest absolute Gasteiger partial charge is 0.376 e. The third-order valence-corrected chi connectivity index (χ3v) is 5.55. The van der Waals surface area contributed by atoms with Crippen molar-refractivity contribution in [3.63, 3.8) is 0 Å². The molecule has 26 heavy (non-hydrogen) atoms. The van der Waals surface area contributed by atoms with Crippen molar-refractivity contribution in [2.45, 2.75) is 12.6 Å². The first-order valence-electron chi connectivity index (χ1n) is 8.95. The average Bonchev–Trinajstić information content (AvgIpc) is 3.23. The van der Waals surface area contributed by atoms with Crippen LogP contribution in [0.3, 0.4) is 0 Å². The molecule has 5 nitrogen and oxygen atoms in total. The molecule has 0 unspecified atom stereocenters. The smallest absolute Gasteiger partial charge is 0.251 e. The molecule has 0 aliphatic carbocycles. The van der Waals surface area contributed by atoms with E-state index in [1.807, 2.05) is 12.1 Å². The third-order valence-electron chi connectivity index (χ3n) is 5.30. The van der Waals surface area contributed by atoms with Gasteiger partial charge in [-0.2, -0.15) is 0 Å². The number of benzene rings is 1. The first-order chi connectivity index (χ1) is 12.7. The summed E-state index contributed by atoms with van der Waals surface area (Å²) < 4.78 is 5.99. The molecule has 0 spiro atoms. The minimum Gasteiger partial charge on any atom is -0.376 e. The second-order valence-corrected chi connectivity index (χ2v) is 7.50. The van der Waals surface area contributed by atoms with Crippen LogP contribution in [0.1, 0.15) is 15.9 Å². The fraction of sp³-hybridized carbons (Fsp3) is 0.400. The van der Waals surface area contributed by atoms with E-state index in [1.165, 1.54) is 5.56 Å². The van der Waals surface area contributed by atoms with Crippen LogP contribution in [0.5, 0.6) is 0 Å². The van der Waals surface area contributed by atoms with E-state index in [2.05, 4.69) is 27.3 Å². The third kappa shape index (κ3) is 3.90.